The third kappa shape index (κ3) is 4.25. The number of hydrogen-bond donors (Lipinski definition) is 1. The highest BCUT2D eigenvalue weighted by Gasteiger charge is 2.56. The van der Waals surface area contributed by atoms with E-state index in [9.17, 15) is 14.7 Å². The van der Waals surface area contributed by atoms with Crippen LogP contribution in [-0.4, -0.2) is 34.5 Å². The molecule has 0 radical (unpaired) electrons. The van der Waals surface area contributed by atoms with Gasteiger partial charge in [0.05, 0.1) is 31.1 Å². The van der Waals surface area contributed by atoms with Gasteiger partial charge in [-0.25, -0.2) is 0 Å². The van der Waals surface area contributed by atoms with E-state index in [4.69, 9.17) is 4.74 Å². The number of imide groups is 1. The molecule has 3 aliphatic rings. The van der Waals surface area contributed by atoms with Gasteiger partial charge < -0.3 is 9.84 Å². The molecule has 178 valence electrons. The molecule has 2 aromatic rings. The maximum atomic E-state index is 13.4. The Kier molecular flexibility index (Phi) is 6.45. The molecule has 3 heterocycles. The van der Waals surface area contributed by atoms with Gasteiger partial charge in [0, 0.05) is 10.8 Å². The second-order valence-corrected chi connectivity index (χ2v) is 10.7. The first-order valence-electron chi connectivity index (χ1n) is 12.1. The Morgan fingerprint density at radius 2 is 1.97 bits per heavy atom. The monoisotopic (exact) mass is 477 g/mol. The zero-order valence-electron chi connectivity index (χ0n) is 19.7. The van der Waals surface area contributed by atoms with Crippen molar-refractivity contribution in [3.63, 3.8) is 0 Å². The predicted molar refractivity (Wildman–Crippen MR) is 133 cm³/mol. The number of phenolic OH excluding ortho intramolecular Hbond substituents is 1. The second-order valence-electron chi connectivity index (χ2n) is 9.64. The van der Waals surface area contributed by atoms with Gasteiger partial charge in [-0.05, 0) is 67.3 Å². The molecule has 34 heavy (non-hydrogen) atoms. The number of likely N-dealkylation sites (tertiary alicyclic amines) is 1. The second kappa shape index (κ2) is 9.51. The van der Waals surface area contributed by atoms with E-state index in [0.717, 1.165) is 29.7 Å². The number of allylic oxidation sites excluding steroid dienone is 2. The van der Waals surface area contributed by atoms with Crippen LogP contribution in [0.5, 0.6) is 5.75 Å². The number of phenols is 1. The summed E-state index contributed by atoms with van der Waals surface area (Å²) in [5.41, 5.74) is 4.92. The topological polar surface area (TPSA) is 66.8 Å². The summed E-state index contributed by atoms with van der Waals surface area (Å²) in [6.07, 6.45) is 5.49. The number of carbonyl (C=O) groups is 2. The molecule has 0 unspecified atom stereocenters. The zero-order chi connectivity index (χ0) is 23.8. The van der Waals surface area contributed by atoms with E-state index in [1.807, 2.05) is 29.6 Å². The van der Waals surface area contributed by atoms with Crippen LogP contribution in [0, 0.1) is 17.8 Å². The summed E-state index contributed by atoms with van der Waals surface area (Å²) >= 11 is 1.58. The van der Waals surface area contributed by atoms with Gasteiger partial charge in [-0.15, -0.1) is 11.3 Å². The quantitative estimate of drug-likeness (QED) is 0.419. The van der Waals surface area contributed by atoms with Gasteiger partial charge in [-0.3, -0.25) is 14.5 Å². The third-order valence-corrected chi connectivity index (χ3v) is 8.39. The number of thiophene rings is 1. The van der Waals surface area contributed by atoms with Crippen molar-refractivity contribution >= 4 is 29.2 Å². The molecule has 0 saturated carbocycles. The zero-order valence-corrected chi connectivity index (χ0v) is 20.5. The van der Waals surface area contributed by atoms with Crippen LogP contribution in [0.1, 0.15) is 50.0 Å². The number of fused-ring (bicyclic) bond motifs is 3. The van der Waals surface area contributed by atoms with Crippen LogP contribution in [0.15, 0.2) is 58.5 Å². The van der Waals surface area contributed by atoms with Gasteiger partial charge in [0.2, 0.25) is 11.8 Å². The molecule has 1 aromatic heterocycles. The van der Waals surface area contributed by atoms with Crippen molar-refractivity contribution in [3.05, 3.63) is 68.9 Å². The predicted octanol–water partition coefficient (Wildman–Crippen LogP) is 5.56. The molecule has 2 aliphatic heterocycles. The average molecular weight is 478 g/mol. The average Bonchev–Trinajstić information content (AvgIpc) is 3.55. The van der Waals surface area contributed by atoms with Crippen LogP contribution in [0.4, 0.5) is 0 Å². The largest absolute Gasteiger partial charge is 0.508 e. The number of benzene rings is 1. The Morgan fingerprint density at radius 1 is 1.18 bits per heavy atom. The molecule has 2 saturated heterocycles. The van der Waals surface area contributed by atoms with Crippen molar-refractivity contribution < 1.29 is 19.4 Å². The van der Waals surface area contributed by atoms with Crippen LogP contribution in [0.3, 0.4) is 0 Å². The van der Waals surface area contributed by atoms with E-state index >= 15 is 0 Å². The van der Waals surface area contributed by atoms with Crippen molar-refractivity contribution in [2.24, 2.45) is 17.8 Å². The fraction of sp³-hybridized carbons (Fsp3) is 0.429. The summed E-state index contributed by atoms with van der Waals surface area (Å²) in [7, 11) is 0. The molecule has 1 N–H and O–H groups in total. The van der Waals surface area contributed by atoms with Gasteiger partial charge in [0.15, 0.2) is 0 Å². The molecular weight excluding hydrogens is 446 g/mol. The Labute approximate surface area is 204 Å². The summed E-state index contributed by atoms with van der Waals surface area (Å²) in [6, 6.07) is 11.1. The Morgan fingerprint density at radius 3 is 2.68 bits per heavy atom. The third-order valence-electron chi connectivity index (χ3n) is 7.53. The van der Waals surface area contributed by atoms with Gasteiger partial charge >= 0.3 is 0 Å². The Hall–Kier alpha value is -2.70. The SMILES string of the molecule is CCC1=C2[C@@H](CC/C(C)=C/c3ccc(O)cc3)OC[C@@H]2[C@@H]2C(=O)N(Cc3cccs3)C(=O)[C@@H]2C1. The van der Waals surface area contributed by atoms with Crippen LogP contribution in [0.2, 0.25) is 0 Å². The van der Waals surface area contributed by atoms with Crippen LogP contribution < -0.4 is 0 Å². The lowest BCUT2D eigenvalue weighted by atomic mass is 9.69. The molecule has 6 heteroatoms. The molecule has 0 bridgehead atoms. The number of rotatable bonds is 7. The minimum Gasteiger partial charge on any atom is -0.508 e. The van der Waals surface area contributed by atoms with Gasteiger partial charge in [-0.2, -0.15) is 0 Å². The summed E-state index contributed by atoms with van der Waals surface area (Å²) in [6.45, 7) is 5.18. The van der Waals surface area contributed by atoms with Gasteiger partial charge in [0.1, 0.15) is 5.75 Å². The highest BCUT2D eigenvalue weighted by molar-refractivity contribution is 7.09. The summed E-state index contributed by atoms with van der Waals surface area (Å²) in [5, 5.41) is 11.5. The molecule has 2 amide bonds. The molecule has 0 spiro atoms. The van der Waals surface area contributed by atoms with E-state index < -0.39 is 0 Å². The first-order valence-corrected chi connectivity index (χ1v) is 13.0. The minimum absolute atomic E-state index is 0.00970. The lowest BCUT2D eigenvalue weighted by Crippen LogP contribution is -2.34. The summed E-state index contributed by atoms with van der Waals surface area (Å²) in [4.78, 5) is 29.2. The highest BCUT2D eigenvalue weighted by Crippen LogP contribution is 2.50. The minimum atomic E-state index is -0.281. The number of hydrogen-bond acceptors (Lipinski definition) is 5. The normalized spacial score (nSPS) is 26.9. The maximum absolute atomic E-state index is 13.4. The molecule has 1 aliphatic carbocycles. The van der Waals surface area contributed by atoms with Crippen molar-refractivity contribution in [1.29, 1.82) is 0 Å². The van der Waals surface area contributed by atoms with Gasteiger partial charge in [0.25, 0.3) is 0 Å². The molecule has 4 atom stereocenters. The van der Waals surface area contributed by atoms with Crippen LogP contribution >= 0.6 is 11.3 Å². The van der Waals surface area contributed by atoms with E-state index in [2.05, 4.69) is 19.9 Å². The summed E-state index contributed by atoms with van der Waals surface area (Å²) < 4.78 is 6.28. The Balaban J connectivity index is 1.31. The number of carbonyl (C=O) groups excluding carboxylic acids is 2. The number of amides is 2. The first kappa shape index (κ1) is 23.1. The number of nitrogens with zero attached hydrogens (tertiary/aromatic N) is 1. The van der Waals surface area contributed by atoms with Crippen LogP contribution in [-0.2, 0) is 20.9 Å². The van der Waals surface area contributed by atoms with Crippen molar-refractivity contribution in [1.82, 2.24) is 4.90 Å². The van der Waals surface area contributed by atoms with Crippen molar-refractivity contribution in [2.45, 2.75) is 52.2 Å². The fourth-order valence-corrected chi connectivity index (χ4v) is 6.57. The highest BCUT2D eigenvalue weighted by atomic mass is 32.1. The molecule has 2 fully saturated rings. The fourth-order valence-electron chi connectivity index (χ4n) is 5.88. The maximum Gasteiger partial charge on any atom is 0.234 e. The van der Waals surface area contributed by atoms with Crippen molar-refractivity contribution in [2.75, 3.05) is 6.61 Å². The smallest absolute Gasteiger partial charge is 0.234 e. The number of ether oxygens (including phenoxy) is 1. The lowest BCUT2D eigenvalue weighted by molar-refractivity contribution is -0.140. The molecular formula is C28H31NO4S. The van der Waals surface area contributed by atoms with E-state index in [1.165, 1.54) is 21.6 Å². The first-order chi connectivity index (χ1) is 16.5. The summed E-state index contributed by atoms with van der Waals surface area (Å²) in [5.74, 6) is -0.266. The van der Waals surface area contributed by atoms with Crippen molar-refractivity contribution in [3.8, 4) is 5.75 Å². The Bertz CT molecular complexity index is 1130. The standard InChI is InChI=1S/C28H31NO4S/c1-3-19-14-22-26(28(32)29(27(22)31)15-21-5-4-12-34-21)23-16-33-24(25(19)23)11-6-17(2)13-18-7-9-20(30)10-8-18/h4-5,7-10,12-13,22-24,26,30H,3,6,11,14-16H2,1-2H3/b17-13+/t22-,23+,24-,26-/m1/s1. The molecule has 5 rings (SSSR count). The molecule has 5 nitrogen and oxygen atoms in total. The van der Waals surface area contributed by atoms with E-state index in [-0.39, 0.29) is 41.4 Å². The number of aromatic hydroxyl groups is 1. The van der Waals surface area contributed by atoms with Gasteiger partial charge in [-0.1, -0.05) is 42.3 Å². The molecule has 1 aromatic carbocycles. The lowest BCUT2D eigenvalue weighted by Gasteiger charge is -2.31. The van der Waals surface area contributed by atoms with E-state index in [1.54, 1.807) is 23.5 Å². The van der Waals surface area contributed by atoms with Crippen LogP contribution in [0.25, 0.3) is 6.08 Å². The van der Waals surface area contributed by atoms with E-state index in [0.29, 0.717) is 19.6 Å².